The quantitative estimate of drug-likeness (QED) is 0.782. The molecule has 3 atom stereocenters. The largest absolute Gasteiger partial charge is 0.472 e. The molecule has 1 N–H and O–H groups in total. The van der Waals surface area contributed by atoms with Gasteiger partial charge in [0.25, 0.3) is 0 Å². The molecule has 1 amide bonds. The van der Waals surface area contributed by atoms with Gasteiger partial charge in [-0.25, -0.2) is 9.18 Å². The third-order valence-electron chi connectivity index (χ3n) is 5.24. The van der Waals surface area contributed by atoms with Crippen LogP contribution in [0, 0.1) is 5.82 Å². The zero-order valence-corrected chi connectivity index (χ0v) is 16.4. The normalized spacial score (nSPS) is 25.8. The van der Waals surface area contributed by atoms with Crippen molar-refractivity contribution in [3.05, 3.63) is 30.2 Å². The number of nitrogens with one attached hydrogen (secondary N) is 1. The molecule has 1 aromatic heterocycles. The second-order valence-electron chi connectivity index (χ2n) is 6.96. The van der Waals surface area contributed by atoms with E-state index in [4.69, 9.17) is 9.47 Å². The number of halogens is 2. The van der Waals surface area contributed by atoms with E-state index in [2.05, 4.69) is 19.0 Å². The molecule has 1 aromatic carbocycles. The number of rotatable bonds is 5. The van der Waals surface area contributed by atoms with Gasteiger partial charge in [0.15, 0.2) is 6.10 Å². The van der Waals surface area contributed by atoms with Crippen LogP contribution in [0.4, 0.5) is 20.6 Å². The van der Waals surface area contributed by atoms with Gasteiger partial charge in [-0.15, -0.1) is 16.8 Å². The Morgan fingerprint density at radius 3 is 2.96 bits per heavy atom. The summed E-state index contributed by atoms with van der Waals surface area (Å²) in [7, 11) is 0. The van der Waals surface area contributed by atoms with Crippen LogP contribution in [0.3, 0.4) is 0 Å². The predicted octanol–water partition coefficient (Wildman–Crippen LogP) is 2.05. The van der Waals surface area contributed by atoms with Crippen molar-refractivity contribution in [2.45, 2.75) is 24.6 Å². The third-order valence-corrected chi connectivity index (χ3v) is 5.70. The number of hydrogen-bond donors (Lipinski definition) is 1. The highest BCUT2D eigenvalue weighted by Crippen LogP contribution is 2.33. The predicted molar refractivity (Wildman–Crippen MR) is 104 cm³/mol. The van der Waals surface area contributed by atoms with Crippen molar-refractivity contribution in [3.8, 4) is 5.88 Å². The second kappa shape index (κ2) is 7.69. The molecule has 3 aliphatic heterocycles. The molecule has 5 rings (SSSR count). The number of carbonyl (C=O) groups is 1. The molecule has 150 valence electrons. The lowest BCUT2D eigenvalue weighted by molar-refractivity contribution is 0.103. The van der Waals surface area contributed by atoms with E-state index in [9.17, 15) is 9.18 Å². The van der Waals surface area contributed by atoms with Crippen LogP contribution in [0.15, 0.2) is 24.4 Å². The van der Waals surface area contributed by atoms with Crippen molar-refractivity contribution in [2.24, 2.45) is 0 Å². The maximum Gasteiger partial charge on any atom is 0.414 e. The van der Waals surface area contributed by atoms with Crippen molar-refractivity contribution < 1.29 is 18.7 Å². The topological polar surface area (TPSA) is 79.8 Å². The second-order valence-corrected chi connectivity index (χ2v) is 7.51. The van der Waals surface area contributed by atoms with Crippen molar-refractivity contribution in [3.63, 3.8) is 0 Å². The van der Waals surface area contributed by atoms with Gasteiger partial charge >= 0.3 is 6.09 Å². The van der Waals surface area contributed by atoms with Crippen molar-refractivity contribution >= 4 is 41.6 Å². The number of nitrogens with zero attached hydrogens (tertiary/aromatic N) is 4. The van der Waals surface area contributed by atoms with Crippen LogP contribution in [0.2, 0.25) is 0 Å². The van der Waals surface area contributed by atoms with E-state index in [1.807, 2.05) is 0 Å². The Bertz CT molecular complexity index is 857. The number of piperazine rings is 1. The highest BCUT2D eigenvalue weighted by molar-refractivity contribution is 6.99. The van der Waals surface area contributed by atoms with Crippen LogP contribution in [-0.4, -0.2) is 59.3 Å². The number of cyclic esters (lactones) is 1. The van der Waals surface area contributed by atoms with Gasteiger partial charge in [0.1, 0.15) is 18.6 Å². The van der Waals surface area contributed by atoms with E-state index in [-0.39, 0.29) is 24.8 Å². The molecule has 0 radical (unpaired) electrons. The molecule has 0 unspecified atom stereocenters. The number of amides is 1. The molecular formula is C17H19ClFN5O3S. The summed E-state index contributed by atoms with van der Waals surface area (Å²) in [5, 5.41) is 3.41. The van der Waals surface area contributed by atoms with E-state index >= 15 is 0 Å². The molecule has 0 spiro atoms. The Hall–Kier alpha value is -2.17. The van der Waals surface area contributed by atoms with E-state index in [0.29, 0.717) is 35.9 Å². The summed E-state index contributed by atoms with van der Waals surface area (Å²) in [4.78, 5) is 15.7. The molecule has 0 aliphatic carbocycles. The number of hydrogen-bond acceptors (Lipinski definition) is 8. The Morgan fingerprint density at radius 1 is 1.39 bits per heavy atom. The van der Waals surface area contributed by atoms with Gasteiger partial charge in [0.05, 0.1) is 29.6 Å². The lowest BCUT2D eigenvalue weighted by atomic mass is 10.2. The lowest BCUT2D eigenvalue weighted by Crippen LogP contribution is -2.44. The van der Waals surface area contributed by atoms with Crippen LogP contribution in [0.25, 0.3) is 0 Å². The summed E-state index contributed by atoms with van der Waals surface area (Å²) >= 11 is 1.04. The molecular weight excluding hydrogens is 409 g/mol. The first-order valence-electron chi connectivity index (χ1n) is 8.85. The summed E-state index contributed by atoms with van der Waals surface area (Å²) in [6, 6.07) is 5.71. The first-order chi connectivity index (χ1) is 13.2. The molecule has 3 saturated heterocycles. The third kappa shape index (κ3) is 3.47. The molecule has 3 aliphatic rings. The number of aromatic nitrogens is 2. The fraction of sp³-hybridized carbons (Fsp3) is 0.471. The first-order valence-corrected chi connectivity index (χ1v) is 9.58. The smallest absolute Gasteiger partial charge is 0.414 e. The van der Waals surface area contributed by atoms with Gasteiger partial charge in [0.2, 0.25) is 5.88 Å². The zero-order valence-electron chi connectivity index (χ0n) is 14.8. The molecule has 2 bridgehead atoms. The Balaban J connectivity index is 0.00000192. The molecule has 4 heterocycles. The molecule has 11 heteroatoms. The van der Waals surface area contributed by atoms with E-state index < -0.39 is 12.2 Å². The Kier molecular flexibility index (Phi) is 5.26. The van der Waals surface area contributed by atoms with Crippen molar-refractivity contribution in [1.82, 2.24) is 14.1 Å². The number of anilines is 2. The zero-order chi connectivity index (χ0) is 18.4. The van der Waals surface area contributed by atoms with E-state index in [1.165, 1.54) is 17.2 Å². The number of ether oxygens (including phenoxy) is 2. The van der Waals surface area contributed by atoms with Crippen LogP contribution in [0.1, 0.15) is 6.42 Å². The van der Waals surface area contributed by atoms with Crippen LogP contribution in [-0.2, 0) is 4.74 Å². The number of carbonyl (C=O) groups excluding carboxylic acids is 1. The fourth-order valence-corrected chi connectivity index (χ4v) is 4.33. The molecule has 0 saturated carbocycles. The first kappa shape index (κ1) is 19.2. The Labute approximate surface area is 171 Å². The molecule has 8 nitrogen and oxygen atoms in total. The molecule has 2 aromatic rings. The van der Waals surface area contributed by atoms with E-state index in [1.54, 1.807) is 12.1 Å². The number of fused-ring (bicyclic) bond motifs is 2. The minimum Gasteiger partial charge on any atom is -0.472 e. The average molecular weight is 428 g/mol. The summed E-state index contributed by atoms with van der Waals surface area (Å²) in [5.74, 6) is 0.0837. The van der Waals surface area contributed by atoms with Gasteiger partial charge in [-0.05, 0) is 24.6 Å². The standard InChI is InChI=1S/C17H18FN5O3S.ClH/c18-14-4-11(1-2-15(14)22-7-10-3-12(22)5-19-10)23-8-13(26-17(23)24)9-25-16-6-20-27-21-16;/h1-2,4,6,10,12-13,19H,3,5,7-9H2;1H/t10-,12-,13+;/m0./s1. The summed E-state index contributed by atoms with van der Waals surface area (Å²) < 4.78 is 33.3. The fourth-order valence-electron chi connectivity index (χ4n) is 3.97. The number of benzene rings is 1. The minimum atomic E-state index is -0.503. The van der Waals surface area contributed by atoms with Crippen molar-refractivity contribution in [2.75, 3.05) is 36.0 Å². The average Bonchev–Trinajstić information content (AvgIpc) is 3.44. The van der Waals surface area contributed by atoms with Gasteiger partial charge in [-0.1, -0.05) is 0 Å². The molecule has 3 fully saturated rings. The van der Waals surface area contributed by atoms with Crippen LogP contribution >= 0.6 is 24.1 Å². The summed E-state index contributed by atoms with van der Waals surface area (Å²) in [6.07, 6.45) is 1.61. The lowest BCUT2D eigenvalue weighted by Gasteiger charge is -2.30. The monoisotopic (exact) mass is 427 g/mol. The Morgan fingerprint density at radius 2 is 2.29 bits per heavy atom. The summed E-state index contributed by atoms with van der Waals surface area (Å²) in [5.41, 5.74) is 1.08. The highest BCUT2D eigenvalue weighted by atomic mass is 35.5. The maximum atomic E-state index is 14.8. The SMILES string of the molecule is Cl.O=C1O[C@@H](COc2cnsn2)CN1c1ccc(N2C[C@@H]3C[C@H]2CN3)c(F)c1. The van der Waals surface area contributed by atoms with Gasteiger partial charge in [-0.2, -0.15) is 4.37 Å². The highest BCUT2D eigenvalue weighted by Gasteiger charge is 2.39. The van der Waals surface area contributed by atoms with Gasteiger partial charge in [-0.3, -0.25) is 4.90 Å². The minimum absolute atomic E-state index is 0. The van der Waals surface area contributed by atoms with Crippen LogP contribution < -0.4 is 19.9 Å². The van der Waals surface area contributed by atoms with E-state index in [0.717, 1.165) is 31.2 Å². The maximum absolute atomic E-state index is 14.8. The van der Waals surface area contributed by atoms with Crippen molar-refractivity contribution in [1.29, 1.82) is 0 Å². The summed E-state index contributed by atoms with van der Waals surface area (Å²) in [6.45, 7) is 2.18. The molecule has 28 heavy (non-hydrogen) atoms. The van der Waals surface area contributed by atoms with Gasteiger partial charge in [0, 0.05) is 25.2 Å². The van der Waals surface area contributed by atoms with Crippen LogP contribution in [0.5, 0.6) is 5.88 Å². The van der Waals surface area contributed by atoms with Gasteiger partial charge < -0.3 is 19.7 Å².